The van der Waals surface area contributed by atoms with Gasteiger partial charge in [-0.15, -0.1) is 0 Å². The van der Waals surface area contributed by atoms with Gasteiger partial charge in [0.2, 0.25) is 17.7 Å². The highest BCUT2D eigenvalue weighted by Crippen LogP contribution is 2.19. The number of hydrogen-bond donors (Lipinski definition) is 9. The number of aromatic nitrogens is 1. The van der Waals surface area contributed by atoms with Crippen molar-refractivity contribution in [2.24, 2.45) is 33.8 Å². The Morgan fingerprint density at radius 2 is 1.51 bits per heavy atom. The number of benzene rings is 1. The van der Waals surface area contributed by atoms with Crippen molar-refractivity contribution >= 4 is 40.6 Å². The number of aliphatic carboxylic acids is 1. The van der Waals surface area contributed by atoms with Crippen LogP contribution in [0.25, 0.3) is 10.9 Å². The number of nitrogens with zero attached hydrogens (tertiary/aromatic N) is 1. The number of hydrogen-bond acceptors (Lipinski definition) is 7. The van der Waals surface area contributed by atoms with Crippen molar-refractivity contribution < 1.29 is 24.3 Å². The molecule has 13 N–H and O–H groups in total. The van der Waals surface area contributed by atoms with Crippen LogP contribution in [0.2, 0.25) is 0 Å². The predicted molar refractivity (Wildman–Crippen MR) is 166 cm³/mol. The van der Waals surface area contributed by atoms with Crippen molar-refractivity contribution in [2.75, 3.05) is 13.1 Å². The van der Waals surface area contributed by atoms with Gasteiger partial charge in [0, 0.05) is 30.1 Å². The Kier molecular flexibility index (Phi) is 14.4. The lowest BCUT2D eigenvalue weighted by atomic mass is 10.0. The van der Waals surface area contributed by atoms with E-state index in [4.69, 9.17) is 22.9 Å². The van der Waals surface area contributed by atoms with Gasteiger partial charge in [-0.05, 0) is 62.6 Å². The first-order chi connectivity index (χ1) is 20.4. The number of amides is 3. The average Bonchev–Trinajstić information content (AvgIpc) is 3.35. The van der Waals surface area contributed by atoms with Crippen molar-refractivity contribution in [1.82, 2.24) is 20.9 Å². The molecule has 0 unspecified atom stereocenters. The molecule has 14 nitrogen and oxygen atoms in total. The number of unbranched alkanes of at least 4 members (excludes halogenated alkanes) is 1. The second-order valence-corrected chi connectivity index (χ2v) is 11.1. The Morgan fingerprint density at radius 1 is 0.907 bits per heavy atom. The molecule has 43 heavy (non-hydrogen) atoms. The fourth-order valence-electron chi connectivity index (χ4n) is 4.69. The largest absolute Gasteiger partial charge is 0.480 e. The maximum absolute atomic E-state index is 13.4. The standard InChI is InChI=1S/C29H47N9O5/c1-17(2)14-20(31)25(39)36-22(10-5-6-12-30)26(40)37-23(11-7-13-34-29(32)33)27(41)38-24(28(42)43)15-18-16-35-21-9-4-3-8-19(18)21/h3-4,8-9,16-17,20,22-24,35H,5-7,10-15,30-31H2,1-2H3,(H,36,39)(H,37,40)(H,38,41)(H,42,43)(H4,32,33,34)/t20-,22-,23-,24-/m1/s1. The van der Waals surface area contributed by atoms with Gasteiger partial charge in [-0.2, -0.15) is 0 Å². The highest BCUT2D eigenvalue weighted by molar-refractivity contribution is 5.94. The first-order valence-corrected chi connectivity index (χ1v) is 14.6. The normalized spacial score (nSPS) is 14.0. The van der Waals surface area contributed by atoms with Crippen LogP contribution >= 0.6 is 0 Å². The number of carbonyl (C=O) groups excluding carboxylic acids is 3. The third-order valence-corrected chi connectivity index (χ3v) is 6.93. The summed E-state index contributed by atoms with van der Waals surface area (Å²) in [7, 11) is 0. The van der Waals surface area contributed by atoms with E-state index in [0.717, 1.165) is 16.5 Å². The maximum Gasteiger partial charge on any atom is 0.326 e. The molecule has 0 aliphatic rings. The molecule has 1 aromatic heterocycles. The van der Waals surface area contributed by atoms with Gasteiger partial charge >= 0.3 is 5.97 Å². The molecule has 1 aromatic carbocycles. The molecule has 0 saturated carbocycles. The molecule has 238 valence electrons. The van der Waals surface area contributed by atoms with Crippen LogP contribution in [0.15, 0.2) is 35.5 Å². The van der Waals surface area contributed by atoms with Crippen molar-refractivity contribution in [3.8, 4) is 0 Å². The summed E-state index contributed by atoms with van der Waals surface area (Å²) in [5.74, 6) is -2.91. The second kappa shape index (κ2) is 17.7. The minimum Gasteiger partial charge on any atom is -0.480 e. The Balaban J connectivity index is 2.22. The smallest absolute Gasteiger partial charge is 0.326 e. The number of aromatic amines is 1. The Labute approximate surface area is 251 Å². The maximum atomic E-state index is 13.4. The average molecular weight is 602 g/mol. The van der Waals surface area contributed by atoms with Crippen molar-refractivity contribution in [2.45, 2.75) is 83.0 Å². The number of nitrogens with two attached hydrogens (primary N) is 4. The number of aliphatic imine (C=N–C) groups is 1. The van der Waals surface area contributed by atoms with Crippen LogP contribution in [-0.2, 0) is 25.6 Å². The summed E-state index contributed by atoms with van der Waals surface area (Å²) in [6.45, 7) is 4.48. The molecule has 2 rings (SSSR count). The van der Waals surface area contributed by atoms with Gasteiger partial charge in [0.15, 0.2) is 5.96 Å². The van der Waals surface area contributed by atoms with Gasteiger partial charge in [-0.25, -0.2) is 4.79 Å². The minimum atomic E-state index is -1.27. The molecule has 3 amide bonds. The van der Waals surface area contributed by atoms with Gasteiger partial charge in [-0.3, -0.25) is 19.4 Å². The molecule has 0 saturated heterocycles. The van der Waals surface area contributed by atoms with Gasteiger partial charge in [0.1, 0.15) is 18.1 Å². The number of H-pyrrole nitrogens is 1. The Hall–Kier alpha value is -4.17. The van der Waals surface area contributed by atoms with E-state index in [2.05, 4.69) is 25.9 Å². The lowest BCUT2D eigenvalue weighted by Gasteiger charge is -2.25. The van der Waals surface area contributed by atoms with E-state index in [1.165, 1.54) is 0 Å². The molecule has 1 heterocycles. The number of rotatable bonds is 19. The molecule has 2 aromatic rings. The summed E-state index contributed by atoms with van der Waals surface area (Å²) in [6.07, 6.45) is 4.07. The van der Waals surface area contributed by atoms with Crippen LogP contribution in [0.5, 0.6) is 0 Å². The summed E-state index contributed by atoms with van der Waals surface area (Å²) in [4.78, 5) is 58.8. The molecule has 0 spiro atoms. The molecular weight excluding hydrogens is 554 g/mol. The number of nitrogens with one attached hydrogen (secondary N) is 4. The van der Waals surface area contributed by atoms with Gasteiger partial charge in [-0.1, -0.05) is 32.0 Å². The second-order valence-electron chi connectivity index (χ2n) is 11.1. The fraction of sp³-hybridized carbons (Fsp3) is 0.552. The molecule has 4 atom stereocenters. The van der Waals surface area contributed by atoms with Crippen LogP contribution in [0.4, 0.5) is 0 Å². The lowest BCUT2D eigenvalue weighted by molar-refractivity contribution is -0.142. The van der Waals surface area contributed by atoms with E-state index in [-0.39, 0.29) is 37.7 Å². The molecule has 0 aliphatic heterocycles. The summed E-state index contributed by atoms with van der Waals surface area (Å²) < 4.78 is 0. The first-order valence-electron chi connectivity index (χ1n) is 14.6. The highest BCUT2D eigenvalue weighted by Gasteiger charge is 2.30. The van der Waals surface area contributed by atoms with E-state index in [1.54, 1.807) is 6.20 Å². The minimum absolute atomic E-state index is 0.0191. The first kappa shape index (κ1) is 35.0. The topological polar surface area (TPSA) is 257 Å². The zero-order chi connectivity index (χ0) is 31.9. The van der Waals surface area contributed by atoms with E-state index < -0.39 is 47.9 Å². The summed E-state index contributed by atoms with van der Waals surface area (Å²) in [6, 6.07) is 3.28. The van der Waals surface area contributed by atoms with Gasteiger partial charge in [0.25, 0.3) is 0 Å². The summed E-state index contributed by atoms with van der Waals surface area (Å²) >= 11 is 0. The molecule has 14 heteroatoms. The van der Waals surface area contributed by atoms with Crippen molar-refractivity contribution in [1.29, 1.82) is 0 Å². The van der Waals surface area contributed by atoms with E-state index in [0.29, 0.717) is 32.2 Å². The monoisotopic (exact) mass is 601 g/mol. The third kappa shape index (κ3) is 11.9. The van der Waals surface area contributed by atoms with Crippen LogP contribution in [0.3, 0.4) is 0 Å². The molecule has 0 fully saturated rings. The quantitative estimate of drug-likeness (QED) is 0.0586. The van der Waals surface area contributed by atoms with Crippen LogP contribution < -0.4 is 38.9 Å². The number of carbonyl (C=O) groups is 4. The zero-order valence-electron chi connectivity index (χ0n) is 25.0. The fourth-order valence-corrected chi connectivity index (χ4v) is 4.69. The van der Waals surface area contributed by atoms with E-state index in [1.807, 2.05) is 38.1 Å². The molecule has 0 aliphatic carbocycles. The third-order valence-electron chi connectivity index (χ3n) is 6.93. The van der Waals surface area contributed by atoms with Gasteiger partial charge in [0.05, 0.1) is 6.04 Å². The highest BCUT2D eigenvalue weighted by atomic mass is 16.4. The summed E-state index contributed by atoms with van der Waals surface area (Å²) in [5.41, 5.74) is 24.0. The molecular formula is C29H47N9O5. The molecule has 0 bridgehead atoms. The zero-order valence-corrected chi connectivity index (χ0v) is 25.0. The number of guanidine groups is 1. The van der Waals surface area contributed by atoms with E-state index in [9.17, 15) is 24.3 Å². The van der Waals surface area contributed by atoms with Gasteiger partial charge < -0.3 is 49.0 Å². The SMILES string of the molecule is CC(C)C[C@@H](N)C(=O)N[C@H](CCCCN)C(=O)N[C@H](CCCN=C(N)N)C(=O)N[C@H](Cc1c[nH]c2ccccc12)C(=O)O. The number of carboxylic acids is 1. The Bertz CT molecular complexity index is 1240. The number of fused-ring (bicyclic) bond motifs is 1. The number of para-hydroxylation sites is 1. The van der Waals surface area contributed by atoms with Crippen LogP contribution in [-0.4, -0.2) is 77.0 Å². The Morgan fingerprint density at radius 3 is 2.12 bits per heavy atom. The molecule has 0 radical (unpaired) electrons. The predicted octanol–water partition coefficient (Wildman–Crippen LogP) is -0.195. The summed E-state index contributed by atoms with van der Waals surface area (Å²) in [5, 5.41) is 18.8. The van der Waals surface area contributed by atoms with Crippen LogP contribution in [0.1, 0.15) is 57.9 Å². The van der Waals surface area contributed by atoms with Crippen molar-refractivity contribution in [3.05, 3.63) is 36.0 Å². The van der Waals surface area contributed by atoms with Crippen molar-refractivity contribution in [3.63, 3.8) is 0 Å². The number of carboxylic acid groups (broad SMARTS) is 1. The van der Waals surface area contributed by atoms with E-state index >= 15 is 0 Å². The van der Waals surface area contributed by atoms with Crippen LogP contribution in [0, 0.1) is 5.92 Å². The lowest BCUT2D eigenvalue weighted by Crippen LogP contribution is -2.57.